The number of hydrogen-bond acceptors (Lipinski definition) is 8. The van der Waals surface area contributed by atoms with E-state index < -0.39 is 24.3 Å². The SMILES string of the molecule is CC/C=C\C/C=C\C/C=C\C/C=C\C/C=C\C/C=C\C/C=C\C/C=C\CCCCCCCCCCC(=O)OC(COC(=O)CCCCCCCCCCCCCCCCCCCCCCCCCCCCCCCC)COC(OCC[N+](C)(C)C)C(=O)[O-]. The fourth-order valence-corrected chi connectivity index (χ4v) is 10.5. The molecule has 2 unspecified atom stereocenters. The molecule has 0 aromatic rings. The number of carboxylic acid groups (broad SMARTS) is 1. The average Bonchev–Trinajstić information content (AvgIpc) is 3.62. The Morgan fingerprint density at radius 3 is 0.966 bits per heavy atom. The minimum Gasteiger partial charge on any atom is -0.545 e. The van der Waals surface area contributed by atoms with Gasteiger partial charge in [0.25, 0.3) is 0 Å². The summed E-state index contributed by atoms with van der Waals surface area (Å²) < 4.78 is 22.8. The van der Waals surface area contributed by atoms with Gasteiger partial charge in [-0.1, -0.05) is 336 Å². The lowest BCUT2D eigenvalue weighted by Crippen LogP contribution is -2.44. The average molecular weight is 1230 g/mol. The van der Waals surface area contributed by atoms with Crippen molar-refractivity contribution in [1.82, 2.24) is 0 Å². The van der Waals surface area contributed by atoms with Crippen molar-refractivity contribution in [2.24, 2.45) is 0 Å². The van der Waals surface area contributed by atoms with Gasteiger partial charge in [-0.2, -0.15) is 0 Å². The van der Waals surface area contributed by atoms with Crippen molar-refractivity contribution < 1.29 is 42.9 Å². The van der Waals surface area contributed by atoms with Gasteiger partial charge in [0.1, 0.15) is 13.2 Å². The van der Waals surface area contributed by atoms with Gasteiger partial charge in [0, 0.05) is 12.8 Å². The summed E-state index contributed by atoms with van der Waals surface area (Å²) in [5, 5.41) is 11.8. The molecule has 9 nitrogen and oxygen atoms in total. The van der Waals surface area contributed by atoms with Crippen LogP contribution in [0.3, 0.4) is 0 Å². The molecule has 0 aliphatic carbocycles. The van der Waals surface area contributed by atoms with Crippen LogP contribution in [-0.2, 0) is 33.3 Å². The number of carboxylic acids is 1. The number of allylic oxidation sites excluding steroid dienone is 16. The van der Waals surface area contributed by atoms with E-state index in [0.717, 1.165) is 96.3 Å². The van der Waals surface area contributed by atoms with E-state index in [9.17, 15) is 19.5 Å². The Kier molecular flexibility index (Phi) is 66.1. The maximum atomic E-state index is 12.9. The Balaban J connectivity index is 4.12. The van der Waals surface area contributed by atoms with Crippen molar-refractivity contribution in [3.8, 4) is 0 Å². The molecule has 0 rings (SSSR count). The van der Waals surface area contributed by atoms with Crippen LogP contribution in [0.5, 0.6) is 0 Å². The first-order valence-electron chi connectivity index (χ1n) is 36.9. The molecule has 0 aliphatic heterocycles. The first kappa shape index (κ1) is 84.2. The number of rotatable bonds is 68. The number of carbonyl (C=O) groups is 3. The number of hydrogen-bond donors (Lipinski definition) is 0. The highest BCUT2D eigenvalue weighted by Crippen LogP contribution is 2.18. The number of ether oxygens (including phenoxy) is 4. The van der Waals surface area contributed by atoms with Crippen LogP contribution in [0, 0.1) is 0 Å². The first-order chi connectivity index (χ1) is 43.1. The molecule has 0 spiro atoms. The van der Waals surface area contributed by atoms with Crippen molar-refractivity contribution >= 4 is 17.9 Å². The third kappa shape index (κ3) is 69.7. The maximum absolute atomic E-state index is 12.9. The summed E-state index contributed by atoms with van der Waals surface area (Å²) in [5.74, 6) is -2.28. The molecule has 0 heterocycles. The van der Waals surface area contributed by atoms with Crippen molar-refractivity contribution in [1.29, 1.82) is 0 Å². The molecule has 0 saturated heterocycles. The molecule has 508 valence electrons. The molecular weight excluding hydrogens is 1090 g/mol. The zero-order valence-corrected chi connectivity index (χ0v) is 58.1. The lowest BCUT2D eigenvalue weighted by molar-refractivity contribution is -0.870. The smallest absolute Gasteiger partial charge is 0.306 e. The summed E-state index contributed by atoms with van der Waals surface area (Å²) >= 11 is 0. The Labute approximate surface area is 543 Å². The molecule has 0 aromatic heterocycles. The van der Waals surface area contributed by atoms with Crippen LogP contribution >= 0.6 is 0 Å². The highest BCUT2D eigenvalue weighted by molar-refractivity contribution is 5.70. The molecule has 0 aromatic carbocycles. The number of unbranched alkanes of at least 4 members (excludes halogenated alkanes) is 37. The van der Waals surface area contributed by atoms with Crippen LogP contribution in [0.2, 0.25) is 0 Å². The Morgan fingerprint density at radius 2 is 0.648 bits per heavy atom. The first-order valence-corrected chi connectivity index (χ1v) is 36.9. The number of quaternary nitrogens is 1. The number of carbonyl (C=O) groups excluding carboxylic acids is 3. The van der Waals surface area contributed by atoms with Gasteiger partial charge in [0.2, 0.25) is 0 Å². The van der Waals surface area contributed by atoms with Crippen LogP contribution in [0.25, 0.3) is 0 Å². The quantitative estimate of drug-likeness (QED) is 0.0195. The second kappa shape index (κ2) is 69.1. The van der Waals surface area contributed by atoms with Gasteiger partial charge in [-0.15, -0.1) is 0 Å². The molecule has 0 saturated carbocycles. The van der Waals surface area contributed by atoms with Gasteiger partial charge in [0.05, 0.1) is 40.3 Å². The fraction of sp³-hybridized carbons (Fsp3) is 0.759. The number of nitrogens with zero attached hydrogens (tertiary/aromatic N) is 1. The molecule has 0 amide bonds. The molecule has 88 heavy (non-hydrogen) atoms. The van der Waals surface area contributed by atoms with Gasteiger partial charge in [-0.05, 0) is 77.0 Å². The van der Waals surface area contributed by atoms with Crippen molar-refractivity contribution in [3.05, 3.63) is 97.2 Å². The van der Waals surface area contributed by atoms with Crippen LogP contribution in [0.4, 0.5) is 0 Å². The van der Waals surface area contributed by atoms with E-state index in [4.69, 9.17) is 18.9 Å². The van der Waals surface area contributed by atoms with Gasteiger partial charge in [-0.25, -0.2) is 0 Å². The predicted octanol–water partition coefficient (Wildman–Crippen LogP) is 21.9. The normalized spacial score (nSPS) is 13.2. The number of likely N-dealkylation sites (N-methyl/N-ethyl adjacent to an activating group) is 1. The van der Waals surface area contributed by atoms with E-state index in [2.05, 4.69) is 111 Å². The van der Waals surface area contributed by atoms with E-state index in [1.165, 1.54) is 199 Å². The molecule has 0 bridgehead atoms. The van der Waals surface area contributed by atoms with E-state index in [1.807, 2.05) is 21.1 Å². The van der Waals surface area contributed by atoms with E-state index in [1.54, 1.807) is 0 Å². The lowest BCUT2D eigenvalue weighted by atomic mass is 10.0. The minimum absolute atomic E-state index is 0.143. The van der Waals surface area contributed by atoms with Crippen LogP contribution in [-0.4, -0.2) is 82.3 Å². The third-order valence-corrected chi connectivity index (χ3v) is 16.1. The zero-order valence-electron chi connectivity index (χ0n) is 58.1. The van der Waals surface area contributed by atoms with Gasteiger partial charge in [-0.3, -0.25) is 9.59 Å². The monoisotopic (exact) mass is 1230 g/mol. The van der Waals surface area contributed by atoms with Crippen molar-refractivity contribution in [2.75, 3.05) is 47.5 Å². The van der Waals surface area contributed by atoms with Gasteiger partial charge in [0.15, 0.2) is 12.4 Å². The van der Waals surface area contributed by atoms with Crippen molar-refractivity contribution in [3.63, 3.8) is 0 Å². The van der Waals surface area contributed by atoms with E-state index >= 15 is 0 Å². The van der Waals surface area contributed by atoms with Crippen LogP contribution < -0.4 is 5.11 Å². The summed E-state index contributed by atoms with van der Waals surface area (Å²) in [5.41, 5.74) is 0. The van der Waals surface area contributed by atoms with Gasteiger partial charge < -0.3 is 33.3 Å². The summed E-state index contributed by atoms with van der Waals surface area (Å²) in [6.07, 6.45) is 92.2. The largest absolute Gasteiger partial charge is 0.545 e. The summed E-state index contributed by atoms with van der Waals surface area (Å²) in [6, 6.07) is 0. The van der Waals surface area contributed by atoms with E-state index in [-0.39, 0.29) is 32.2 Å². The van der Waals surface area contributed by atoms with Gasteiger partial charge >= 0.3 is 11.9 Å². The highest BCUT2D eigenvalue weighted by atomic mass is 16.7. The number of aliphatic carboxylic acids is 1. The van der Waals surface area contributed by atoms with Crippen LogP contribution in [0.1, 0.15) is 328 Å². The maximum Gasteiger partial charge on any atom is 0.306 e. The molecule has 0 aliphatic rings. The molecule has 0 radical (unpaired) electrons. The zero-order chi connectivity index (χ0) is 64.0. The standard InChI is InChI=1S/C79H139NO8/c1-6-8-10-12-14-16-18-20-22-24-26-28-30-32-34-36-38-39-40-42-44-46-48-50-52-54-56-58-60-62-64-66-68-70-77(82)88-75(74-87-79(78(83)84)85-72-71-80(3,4)5)73-86-76(81)69-67-65-63-61-59-57-55-53-51-49-47-45-43-41-37-35-33-31-29-27-25-23-21-19-17-15-13-11-9-7-2/h8,10,14,16,20,22,26,28,32,34,38-39,42,44,48,50,75,79H,6-7,9,11-13,15,17-19,21,23-25,27,29-31,33,35-37,40-41,43,45-47,49,51-74H2,1-5H3/b10-8-,16-14-,22-20-,28-26-,34-32-,39-38-,44-42-,50-48-. The summed E-state index contributed by atoms with van der Waals surface area (Å²) in [4.78, 5) is 37.5. The molecular formula is C79H139NO8. The summed E-state index contributed by atoms with van der Waals surface area (Å²) in [7, 11) is 5.93. The lowest BCUT2D eigenvalue weighted by Gasteiger charge is -2.26. The highest BCUT2D eigenvalue weighted by Gasteiger charge is 2.22. The Hall–Kier alpha value is -3.79. The second-order valence-electron chi connectivity index (χ2n) is 25.9. The third-order valence-electron chi connectivity index (χ3n) is 16.1. The number of esters is 2. The van der Waals surface area contributed by atoms with Crippen LogP contribution in [0.15, 0.2) is 97.2 Å². The fourth-order valence-electron chi connectivity index (χ4n) is 10.5. The molecule has 9 heteroatoms. The Bertz CT molecular complexity index is 1770. The molecule has 0 N–H and O–H groups in total. The van der Waals surface area contributed by atoms with E-state index in [0.29, 0.717) is 23.9 Å². The predicted molar refractivity (Wildman–Crippen MR) is 375 cm³/mol. The Morgan fingerprint density at radius 1 is 0.352 bits per heavy atom. The second-order valence-corrected chi connectivity index (χ2v) is 25.9. The van der Waals surface area contributed by atoms with Crippen molar-refractivity contribution in [2.45, 2.75) is 341 Å². The summed E-state index contributed by atoms with van der Waals surface area (Å²) in [6.45, 7) is 4.66. The molecule has 0 fully saturated rings. The molecule has 2 atom stereocenters. The topological polar surface area (TPSA) is 111 Å². The minimum atomic E-state index is -1.63.